The lowest BCUT2D eigenvalue weighted by Crippen LogP contribution is -2.32. The number of hydrogen-bond acceptors (Lipinski definition) is 2. The van der Waals surface area contributed by atoms with Crippen LogP contribution < -0.4 is 0 Å². The number of thiophene rings is 1. The molecule has 1 aliphatic carbocycles. The Balaban J connectivity index is 1.62. The van der Waals surface area contributed by atoms with Gasteiger partial charge in [-0.25, -0.2) is 4.39 Å². The Morgan fingerprint density at radius 1 is 1.17 bits per heavy atom. The highest BCUT2D eigenvalue weighted by molar-refractivity contribution is 7.20. The van der Waals surface area contributed by atoms with Gasteiger partial charge in [-0.3, -0.25) is 4.79 Å². The van der Waals surface area contributed by atoms with Crippen molar-refractivity contribution in [1.29, 1.82) is 0 Å². The molecular weight excluding hydrogens is 321 g/mol. The summed E-state index contributed by atoms with van der Waals surface area (Å²) >= 11 is 1.44. The quantitative estimate of drug-likeness (QED) is 0.643. The highest BCUT2D eigenvalue weighted by Crippen LogP contribution is 2.33. The van der Waals surface area contributed by atoms with Gasteiger partial charge in [-0.05, 0) is 55.0 Å². The topological polar surface area (TPSA) is 20.3 Å². The largest absolute Gasteiger partial charge is 0.331 e. The molecule has 2 aromatic carbocycles. The Hall–Kier alpha value is -2.20. The number of rotatable bonds is 4. The van der Waals surface area contributed by atoms with Gasteiger partial charge in [-0.15, -0.1) is 11.3 Å². The lowest BCUT2D eigenvalue weighted by Gasteiger charge is -2.22. The van der Waals surface area contributed by atoms with E-state index < -0.39 is 0 Å². The molecule has 0 unspecified atom stereocenters. The van der Waals surface area contributed by atoms with E-state index in [2.05, 4.69) is 31.2 Å². The van der Waals surface area contributed by atoms with Gasteiger partial charge >= 0.3 is 0 Å². The van der Waals surface area contributed by atoms with Gasteiger partial charge < -0.3 is 4.90 Å². The number of fused-ring (bicyclic) bond motifs is 1. The molecule has 0 spiro atoms. The second kappa shape index (κ2) is 6.02. The average Bonchev–Trinajstić information content (AvgIpc) is 3.32. The normalized spacial score (nSPS) is 14.1. The predicted molar refractivity (Wildman–Crippen MR) is 95.9 cm³/mol. The van der Waals surface area contributed by atoms with Crippen molar-refractivity contribution in [3.63, 3.8) is 0 Å². The third-order valence-corrected chi connectivity index (χ3v) is 5.52. The minimum Gasteiger partial charge on any atom is -0.331 e. The number of carbonyl (C=O) groups excluding carboxylic acids is 1. The number of aryl methyl sites for hydroxylation is 1. The van der Waals surface area contributed by atoms with Crippen molar-refractivity contribution in [2.75, 3.05) is 0 Å². The molecule has 1 fully saturated rings. The van der Waals surface area contributed by atoms with Gasteiger partial charge in [0, 0.05) is 17.3 Å². The number of carbonyl (C=O) groups is 1. The second-order valence-corrected chi connectivity index (χ2v) is 7.53. The number of benzene rings is 2. The average molecular weight is 339 g/mol. The summed E-state index contributed by atoms with van der Waals surface area (Å²) in [5, 5.41) is 0.800. The zero-order valence-corrected chi connectivity index (χ0v) is 14.3. The summed E-state index contributed by atoms with van der Waals surface area (Å²) in [6.45, 7) is 2.69. The fourth-order valence-electron chi connectivity index (χ4n) is 2.90. The fraction of sp³-hybridized carbons (Fsp3) is 0.250. The molecule has 0 aliphatic heterocycles. The summed E-state index contributed by atoms with van der Waals surface area (Å²) in [6.07, 6.45) is 2.13. The van der Waals surface area contributed by atoms with Crippen LogP contribution in [-0.4, -0.2) is 16.8 Å². The van der Waals surface area contributed by atoms with E-state index >= 15 is 0 Å². The monoisotopic (exact) mass is 339 g/mol. The van der Waals surface area contributed by atoms with E-state index in [9.17, 15) is 9.18 Å². The van der Waals surface area contributed by atoms with Gasteiger partial charge in [0.25, 0.3) is 5.91 Å². The predicted octanol–water partition coefficient (Wildman–Crippen LogP) is 5.15. The van der Waals surface area contributed by atoms with Crippen LogP contribution in [0.3, 0.4) is 0 Å². The molecule has 4 rings (SSSR count). The van der Waals surface area contributed by atoms with Gasteiger partial charge in [0.15, 0.2) is 0 Å². The molecule has 1 aliphatic rings. The number of halogens is 1. The Morgan fingerprint density at radius 2 is 1.92 bits per heavy atom. The first-order valence-electron chi connectivity index (χ1n) is 8.16. The summed E-state index contributed by atoms with van der Waals surface area (Å²) in [5.74, 6) is -0.210. The van der Waals surface area contributed by atoms with E-state index in [-0.39, 0.29) is 11.7 Å². The standard InChI is InChI=1S/C20H18FNOS/c1-13-2-4-14(5-3-13)12-22(17-7-8-17)20(23)19-11-15-10-16(21)6-9-18(15)24-19/h2-6,9-11,17H,7-8,12H2,1H3. The first-order valence-corrected chi connectivity index (χ1v) is 8.97. The van der Waals surface area contributed by atoms with Crippen LogP contribution in [0.1, 0.15) is 33.6 Å². The van der Waals surface area contributed by atoms with E-state index in [1.54, 1.807) is 6.07 Å². The maximum absolute atomic E-state index is 13.4. The molecule has 1 amide bonds. The Labute approximate surface area is 144 Å². The molecule has 0 radical (unpaired) electrons. The third kappa shape index (κ3) is 3.06. The van der Waals surface area contributed by atoms with E-state index in [1.807, 2.05) is 11.0 Å². The van der Waals surface area contributed by atoms with E-state index in [4.69, 9.17) is 0 Å². The third-order valence-electron chi connectivity index (χ3n) is 4.41. The molecule has 0 N–H and O–H groups in total. The van der Waals surface area contributed by atoms with E-state index in [0.29, 0.717) is 17.5 Å². The van der Waals surface area contributed by atoms with Gasteiger partial charge in [0.2, 0.25) is 0 Å². The fourth-order valence-corrected chi connectivity index (χ4v) is 3.90. The van der Waals surface area contributed by atoms with Crippen LogP contribution in [0.25, 0.3) is 10.1 Å². The molecule has 1 heterocycles. The molecule has 24 heavy (non-hydrogen) atoms. The van der Waals surface area contributed by atoms with Crippen LogP contribution in [-0.2, 0) is 6.54 Å². The van der Waals surface area contributed by atoms with Gasteiger partial charge in [0.05, 0.1) is 4.88 Å². The van der Waals surface area contributed by atoms with Crippen LogP contribution in [0, 0.1) is 12.7 Å². The highest BCUT2D eigenvalue weighted by atomic mass is 32.1. The van der Waals surface area contributed by atoms with Crippen molar-refractivity contribution in [2.45, 2.75) is 32.4 Å². The zero-order chi connectivity index (χ0) is 16.7. The summed E-state index contributed by atoms with van der Waals surface area (Å²) in [4.78, 5) is 15.6. The minimum atomic E-state index is -0.266. The molecule has 0 saturated heterocycles. The maximum atomic E-state index is 13.4. The van der Waals surface area contributed by atoms with Crippen LogP contribution in [0.2, 0.25) is 0 Å². The van der Waals surface area contributed by atoms with Gasteiger partial charge in [-0.1, -0.05) is 29.8 Å². The lowest BCUT2D eigenvalue weighted by molar-refractivity contribution is 0.0735. The molecule has 0 atom stereocenters. The molecule has 1 aromatic heterocycles. The summed E-state index contributed by atoms with van der Waals surface area (Å²) in [6, 6.07) is 15.1. The summed E-state index contributed by atoms with van der Waals surface area (Å²) in [7, 11) is 0. The van der Waals surface area contributed by atoms with Crippen molar-refractivity contribution < 1.29 is 9.18 Å². The molecule has 3 aromatic rings. The van der Waals surface area contributed by atoms with Gasteiger partial charge in [-0.2, -0.15) is 0 Å². The van der Waals surface area contributed by atoms with Crippen LogP contribution in [0.4, 0.5) is 4.39 Å². The maximum Gasteiger partial charge on any atom is 0.264 e. The smallest absolute Gasteiger partial charge is 0.264 e. The van der Waals surface area contributed by atoms with Crippen molar-refractivity contribution in [1.82, 2.24) is 4.90 Å². The highest BCUT2D eigenvalue weighted by Gasteiger charge is 2.33. The minimum absolute atomic E-state index is 0.0553. The molecular formula is C20H18FNOS. The first kappa shape index (κ1) is 15.3. The number of amides is 1. The SMILES string of the molecule is Cc1ccc(CN(C(=O)c2cc3cc(F)ccc3s2)C2CC2)cc1. The summed E-state index contributed by atoms with van der Waals surface area (Å²) < 4.78 is 14.3. The van der Waals surface area contributed by atoms with Gasteiger partial charge in [0.1, 0.15) is 5.82 Å². The second-order valence-electron chi connectivity index (χ2n) is 6.44. The van der Waals surface area contributed by atoms with Crippen molar-refractivity contribution in [3.8, 4) is 0 Å². The Morgan fingerprint density at radius 3 is 2.62 bits per heavy atom. The Kier molecular flexibility index (Phi) is 3.85. The molecule has 1 saturated carbocycles. The van der Waals surface area contributed by atoms with E-state index in [1.165, 1.54) is 29.0 Å². The summed E-state index contributed by atoms with van der Waals surface area (Å²) in [5.41, 5.74) is 2.36. The Bertz CT molecular complexity index is 896. The van der Waals surface area contributed by atoms with E-state index in [0.717, 1.165) is 28.5 Å². The zero-order valence-electron chi connectivity index (χ0n) is 13.5. The molecule has 0 bridgehead atoms. The number of nitrogens with zero attached hydrogens (tertiary/aromatic N) is 1. The first-order chi connectivity index (χ1) is 11.6. The van der Waals surface area contributed by atoms with Crippen molar-refractivity contribution in [3.05, 3.63) is 70.4 Å². The number of hydrogen-bond donors (Lipinski definition) is 0. The van der Waals surface area contributed by atoms with Crippen LogP contribution >= 0.6 is 11.3 Å². The molecule has 122 valence electrons. The lowest BCUT2D eigenvalue weighted by atomic mass is 10.1. The van der Waals surface area contributed by atoms with Crippen molar-refractivity contribution >= 4 is 27.3 Å². The molecule has 4 heteroatoms. The van der Waals surface area contributed by atoms with Crippen LogP contribution in [0.15, 0.2) is 48.5 Å². The van der Waals surface area contributed by atoms with Crippen molar-refractivity contribution in [2.24, 2.45) is 0 Å². The van der Waals surface area contributed by atoms with Crippen LogP contribution in [0.5, 0.6) is 0 Å². The molecule has 2 nitrogen and oxygen atoms in total.